The molecule has 1 aromatic rings. The van der Waals surface area contributed by atoms with Gasteiger partial charge in [-0.1, -0.05) is 0 Å². The third-order valence-corrected chi connectivity index (χ3v) is 2.33. The Labute approximate surface area is 97.0 Å². The Hall–Kier alpha value is -1.86. The van der Waals surface area contributed by atoms with E-state index in [9.17, 15) is 20.3 Å². The number of rotatable bonds is 5. The third kappa shape index (κ3) is 3.05. The molecule has 0 aromatic heterocycles. The topological polar surface area (TPSA) is 113 Å². The molecule has 1 atom stereocenters. The molecule has 0 saturated heterocycles. The van der Waals surface area contributed by atoms with Gasteiger partial charge in [0.15, 0.2) is 5.75 Å². The van der Waals surface area contributed by atoms with Crippen molar-refractivity contribution < 1.29 is 25.0 Å². The minimum absolute atomic E-state index is 0.196. The summed E-state index contributed by atoms with van der Waals surface area (Å²) in [6.45, 7) is -0.244. The van der Waals surface area contributed by atoms with E-state index in [-0.39, 0.29) is 13.0 Å². The van der Waals surface area contributed by atoms with E-state index in [4.69, 9.17) is 9.84 Å². The lowest BCUT2D eigenvalue weighted by atomic mass is 10.1. The van der Waals surface area contributed by atoms with E-state index in [2.05, 4.69) is 0 Å². The van der Waals surface area contributed by atoms with Crippen LogP contribution in [0.4, 0.5) is 5.69 Å². The zero-order valence-corrected chi connectivity index (χ0v) is 9.16. The van der Waals surface area contributed by atoms with Gasteiger partial charge in [0.25, 0.3) is 0 Å². The normalized spacial score (nSPS) is 12.4. The predicted molar refractivity (Wildman–Crippen MR) is 58.0 cm³/mol. The number of aliphatic hydroxyl groups is 1. The van der Waals surface area contributed by atoms with Crippen molar-refractivity contribution in [3.8, 4) is 11.5 Å². The van der Waals surface area contributed by atoms with Gasteiger partial charge in [-0.25, -0.2) is 0 Å². The van der Waals surface area contributed by atoms with Gasteiger partial charge in [-0.3, -0.25) is 10.1 Å². The maximum Gasteiger partial charge on any atom is 0.314 e. The summed E-state index contributed by atoms with van der Waals surface area (Å²) in [7, 11) is 1.40. The number of aliphatic hydroxyl groups excluding tert-OH is 1. The van der Waals surface area contributed by atoms with Crippen LogP contribution in [0.3, 0.4) is 0 Å². The summed E-state index contributed by atoms with van der Waals surface area (Å²) >= 11 is 0. The van der Waals surface area contributed by atoms with E-state index in [0.717, 1.165) is 6.07 Å². The van der Waals surface area contributed by atoms with Crippen LogP contribution in [0, 0.1) is 10.1 Å². The molecule has 0 fully saturated rings. The van der Waals surface area contributed by atoms with Gasteiger partial charge in [0.05, 0.1) is 17.6 Å². The van der Waals surface area contributed by atoms with E-state index in [1.807, 2.05) is 0 Å². The van der Waals surface area contributed by atoms with Crippen LogP contribution < -0.4 is 0 Å². The van der Waals surface area contributed by atoms with Crippen LogP contribution in [0.1, 0.15) is 5.56 Å². The van der Waals surface area contributed by atoms with Crippen molar-refractivity contribution in [2.45, 2.75) is 12.5 Å². The number of nitrogens with zero attached hydrogens (tertiary/aromatic N) is 1. The first-order chi connectivity index (χ1) is 7.99. The number of nitro groups is 1. The van der Waals surface area contributed by atoms with Crippen LogP contribution in [0.5, 0.6) is 11.5 Å². The van der Waals surface area contributed by atoms with Crippen molar-refractivity contribution in [3.05, 3.63) is 27.8 Å². The van der Waals surface area contributed by atoms with Crippen molar-refractivity contribution in [1.29, 1.82) is 0 Å². The first-order valence-electron chi connectivity index (χ1n) is 4.82. The zero-order valence-electron chi connectivity index (χ0n) is 9.16. The van der Waals surface area contributed by atoms with Crippen LogP contribution in [-0.4, -0.2) is 40.1 Å². The number of methoxy groups -OCH3 is 1. The second-order valence-corrected chi connectivity index (χ2v) is 3.48. The fourth-order valence-electron chi connectivity index (χ4n) is 1.40. The summed E-state index contributed by atoms with van der Waals surface area (Å²) in [4.78, 5) is 9.81. The molecule has 0 aliphatic rings. The summed E-state index contributed by atoms with van der Waals surface area (Å²) in [5.74, 6) is -1.33. The Morgan fingerprint density at radius 3 is 2.59 bits per heavy atom. The molecule has 0 bridgehead atoms. The maximum absolute atomic E-state index is 10.6. The van der Waals surface area contributed by atoms with E-state index in [0.29, 0.717) is 5.56 Å². The monoisotopic (exact) mass is 243 g/mol. The van der Waals surface area contributed by atoms with Gasteiger partial charge in [0, 0.05) is 19.6 Å². The molecular weight excluding hydrogens is 230 g/mol. The number of hydrogen-bond donors (Lipinski definition) is 3. The highest BCUT2D eigenvalue weighted by Gasteiger charge is 2.20. The van der Waals surface area contributed by atoms with Crippen molar-refractivity contribution in [1.82, 2.24) is 0 Å². The molecule has 0 heterocycles. The Morgan fingerprint density at radius 1 is 1.47 bits per heavy atom. The second kappa shape index (κ2) is 5.46. The number of phenolic OH excluding ortho intramolecular Hbond substituents is 2. The Kier molecular flexibility index (Phi) is 4.24. The molecule has 0 aliphatic heterocycles. The van der Waals surface area contributed by atoms with Gasteiger partial charge in [-0.2, -0.15) is 0 Å². The largest absolute Gasteiger partial charge is 0.504 e. The smallest absolute Gasteiger partial charge is 0.314 e. The van der Waals surface area contributed by atoms with Gasteiger partial charge in [-0.05, 0) is 11.6 Å². The average Bonchev–Trinajstić information content (AvgIpc) is 2.29. The second-order valence-electron chi connectivity index (χ2n) is 3.48. The highest BCUT2D eigenvalue weighted by atomic mass is 16.6. The van der Waals surface area contributed by atoms with Crippen LogP contribution >= 0.6 is 0 Å². The van der Waals surface area contributed by atoms with Gasteiger partial charge >= 0.3 is 5.69 Å². The molecular formula is C10H13NO6. The Morgan fingerprint density at radius 2 is 2.12 bits per heavy atom. The molecule has 3 N–H and O–H groups in total. The van der Waals surface area contributed by atoms with Gasteiger partial charge in [-0.15, -0.1) is 0 Å². The number of benzene rings is 1. The molecule has 7 heteroatoms. The van der Waals surface area contributed by atoms with Crippen molar-refractivity contribution in [2.75, 3.05) is 13.7 Å². The standard InChI is InChI=1S/C10H13NO6/c1-17-7(5-12)2-6-3-8(11(15)16)10(14)9(13)4-6/h3-4,7,12-14H,2,5H2,1H3. The summed E-state index contributed by atoms with van der Waals surface area (Å²) in [6.07, 6.45) is -0.319. The van der Waals surface area contributed by atoms with Gasteiger partial charge in [0.2, 0.25) is 5.75 Å². The molecule has 94 valence electrons. The summed E-state index contributed by atoms with van der Waals surface area (Å²) in [5.41, 5.74) is -0.180. The minimum Gasteiger partial charge on any atom is -0.504 e. The van der Waals surface area contributed by atoms with E-state index in [1.54, 1.807) is 0 Å². The fraction of sp³-hybridized carbons (Fsp3) is 0.400. The highest BCUT2D eigenvalue weighted by Crippen LogP contribution is 2.36. The molecule has 17 heavy (non-hydrogen) atoms. The predicted octanol–water partition coefficient (Wildman–Crippen LogP) is 0.556. The van der Waals surface area contributed by atoms with Crippen molar-refractivity contribution in [2.24, 2.45) is 0 Å². The summed E-state index contributed by atoms with van der Waals surface area (Å²) < 4.78 is 4.91. The average molecular weight is 243 g/mol. The summed E-state index contributed by atoms with van der Waals surface area (Å²) in [6, 6.07) is 2.33. The van der Waals surface area contributed by atoms with Crippen LogP contribution in [0.2, 0.25) is 0 Å². The maximum atomic E-state index is 10.6. The SMILES string of the molecule is COC(CO)Cc1cc(O)c(O)c([N+](=O)[O-])c1. The lowest BCUT2D eigenvalue weighted by Gasteiger charge is -2.12. The minimum atomic E-state index is -0.792. The van der Waals surface area contributed by atoms with Crippen LogP contribution in [0.15, 0.2) is 12.1 Å². The molecule has 7 nitrogen and oxygen atoms in total. The number of ether oxygens (including phenoxy) is 1. The van der Waals surface area contributed by atoms with Crippen LogP contribution in [0.25, 0.3) is 0 Å². The number of aromatic hydroxyl groups is 2. The third-order valence-electron chi connectivity index (χ3n) is 2.33. The molecule has 0 aliphatic carbocycles. The van der Waals surface area contributed by atoms with Crippen molar-refractivity contribution >= 4 is 5.69 Å². The van der Waals surface area contributed by atoms with Crippen molar-refractivity contribution in [3.63, 3.8) is 0 Å². The first kappa shape index (κ1) is 13.2. The number of hydrogen-bond acceptors (Lipinski definition) is 6. The molecule has 0 saturated carbocycles. The van der Waals surface area contributed by atoms with E-state index in [1.165, 1.54) is 13.2 Å². The van der Waals surface area contributed by atoms with Crippen LogP contribution in [-0.2, 0) is 11.2 Å². The lowest BCUT2D eigenvalue weighted by molar-refractivity contribution is -0.386. The number of phenols is 2. The highest BCUT2D eigenvalue weighted by molar-refractivity contribution is 5.56. The fourth-order valence-corrected chi connectivity index (χ4v) is 1.40. The lowest BCUT2D eigenvalue weighted by Crippen LogP contribution is -2.18. The zero-order chi connectivity index (χ0) is 13.0. The Bertz CT molecular complexity index is 416. The molecule has 0 radical (unpaired) electrons. The molecule has 1 unspecified atom stereocenters. The van der Waals surface area contributed by atoms with Gasteiger partial charge in [0.1, 0.15) is 0 Å². The molecule has 0 spiro atoms. The quantitative estimate of drug-likeness (QED) is 0.395. The first-order valence-corrected chi connectivity index (χ1v) is 4.82. The molecule has 1 rings (SSSR count). The Balaban J connectivity index is 3.06. The number of nitro benzene ring substituents is 1. The summed E-state index contributed by atoms with van der Waals surface area (Å²) in [5, 5.41) is 38.1. The van der Waals surface area contributed by atoms with E-state index < -0.39 is 28.2 Å². The van der Waals surface area contributed by atoms with E-state index >= 15 is 0 Å². The van der Waals surface area contributed by atoms with Gasteiger partial charge < -0.3 is 20.1 Å². The molecule has 0 amide bonds. The molecule has 1 aromatic carbocycles.